The lowest BCUT2D eigenvalue weighted by molar-refractivity contribution is -0.140. The van der Waals surface area contributed by atoms with Crippen molar-refractivity contribution < 1.29 is 4.79 Å². The fourth-order valence-electron chi connectivity index (χ4n) is 2.87. The van der Waals surface area contributed by atoms with Crippen molar-refractivity contribution in [3.05, 3.63) is 0 Å². The Labute approximate surface area is 125 Å². The standard InChI is InChI=1S/C17H32N2O/c1-6-11-17(14-18,12-7-2)16(20)19(10-5)13-15(8-3)9-4/h15H,6-13H2,1-5H3. The highest BCUT2D eigenvalue weighted by Gasteiger charge is 2.39. The molecule has 0 bridgehead atoms. The summed E-state index contributed by atoms with van der Waals surface area (Å²) in [6, 6.07) is 2.35. The van der Waals surface area contributed by atoms with Gasteiger partial charge in [0, 0.05) is 13.1 Å². The molecule has 1 amide bonds. The first-order valence-corrected chi connectivity index (χ1v) is 8.25. The van der Waals surface area contributed by atoms with Crippen LogP contribution in [0.4, 0.5) is 0 Å². The van der Waals surface area contributed by atoms with Crippen molar-refractivity contribution in [3.63, 3.8) is 0 Å². The Kier molecular flexibility index (Phi) is 9.29. The van der Waals surface area contributed by atoms with Crippen molar-refractivity contribution in [2.24, 2.45) is 11.3 Å². The first-order valence-electron chi connectivity index (χ1n) is 8.25. The molecule has 0 saturated carbocycles. The van der Waals surface area contributed by atoms with E-state index in [1.807, 2.05) is 25.7 Å². The molecule has 0 saturated heterocycles. The third kappa shape index (κ3) is 4.81. The molecule has 0 rings (SSSR count). The van der Waals surface area contributed by atoms with Crippen molar-refractivity contribution in [2.45, 2.75) is 73.1 Å². The lowest BCUT2D eigenvalue weighted by Gasteiger charge is -2.33. The summed E-state index contributed by atoms with van der Waals surface area (Å²) in [7, 11) is 0. The van der Waals surface area contributed by atoms with Crippen LogP contribution in [0, 0.1) is 22.7 Å². The molecule has 0 radical (unpaired) electrons. The second-order valence-electron chi connectivity index (χ2n) is 5.72. The van der Waals surface area contributed by atoms with Crippen LogP contribution in [0.2, 0.25) is 0 Å². The van der Waals surface area contributed by atoms with E-state index in [1.54, 1.807) is 0 Å². The van der Waals surface area contributed by atoms with E-state index in [2.05, 4.69) is 19.9 Å². The minimum atomic E-state index is -0.800. The van der Waals surface area contributed by atoms with Crippen molar-refractivity contribution >= 4 is 5.91 Å². The predicted molar refractivity (Wildman–Crippen MR) is 84.2 cm³/mol. The molecule has 0 heterocycles. The van der Waals surface area contributed by atoms with Crippen molar-refractivity contribution in [1.29, 1.82) is 5.26 Å². The van der Waals surface area contributed by atoms with Gasteiger partial charge in [-0.05, 0) is 25.7 Å². The monoisotopic (exact) mass is 280 g/mol. The van der Waals surface area contributed by atoms with Crippen LogP contribution in [0.5, 0.6) is 0 Å². The predicted octanol–water partition coefficient (Wildman–Crippen LogP) is 4.38. The van der Waals surface area contributed by atoms with E-state index in [-0.39, 0.29) is 5.91 Å². The largest absolute Gasteiger partial charge is 0.341 e. The molecule has 0 atom stereocenters. The summed E-state index contributed by atoms with van der Waals surface area (Å²) in [4.78, 5) is 14.8. The van der Waals surface area contributed by atoms with Crippen LogP contribution in [-0.4, -0.2) is 23.9 Å². The van der Waals surface area contributed by atoms with Gasteiger partial charge < -0.3 is 4.90 Å². The van der Waals surface area contributed by atoms with Gasteiger partial charge >= 0.3 is 0 Å². The summed E-state index contributed by atoms with van der Waals surface area (Å²) < 4.78 is 0. The molecule has 0 aromatic rings. The Bertz CT molecular complexity index is 309. The van der Waals surface area contributed by atoms with E-state index in [9.17, 15) is 10.1 Å². The molecule has 0 spiro atoms. The number of rotatable bonds is 10. The molecule has 0 aliphatic carbocycles. The molecule has 116 valence electrons. The van der Waals surface area contributed by atoms with E-state index in [4.69, 9.17) is 0 Å². The zero-order valence-electron chi connectivity index (χ0n) is 14.0. The second kappa shape index (κ2) is 9.80. The lowest BCUT2D eigenvalue weighted by Crippen LogP contribution is -2.45. The molecule has 20 heavy (non-hydrogen) atoms. The third-order valence-corrected chi connectivity index (χ3v) is 4.28. The molecule has 0 aliphatic heterocycles. The van der Waals surface area contributed by atoms with Gasteiger partial charge in [0.1, 0.15) is 5.41 Å². The fourth-order valence-corrected chi connectivity index (χ4v) is 2.87. The highest BCUT2D eigenvalue weighted by atomic mass is 16.2. The maximum absolute atomic E-state index is 12.9. The number of carbonyl (C=O) groups is 1. The van der Waals surface area contributed by atoms with Crippen LogP contribution >= 0.6 is 0 Å². The topological polar surface area (TPSA) is 44.1 Å². The average Bonchev–Trinajstić information content (AvgIpc) is 2.47. The average molecular weight is 280 g/mol. The van der Waals surface area contributed by atoms with E-state index in [1.165, 1.54) is 0 Å². The maximum atomic E-state index is 12.9. The van der Waals surface area contributed by atoms with Gasteiger partial charge in [0.25, 0.3) is 0 Å². The molecule has 0 N–H and O–H groups in total. The summed E-state index contributed by atoms with van der Waals surface area (Å²) in [6.07, 6.45) is 5.28. The fraction of sp³-hybridized carbons (Fsp3) is 0.882. The minimum Gasteiger partial charge on any atom is -0.341 e. The van der Waals surface area contributed by atoms with Gasteiger partial charge in [0.2, 0.25) is 5.91 Å². The maximum Gasteiger partial charge on any atom is 0.243 e. The van der Waals surface area contributed by atoms with Crippen LogP contribution in [0.1, 0.15) is 73.1 Å². The number of amides is 1. The number of hydrogen-bond acceptors (Lipinski definition) is 2. The Morgan fingerprint density at radius 1 is 1.10 bits per heavy atom. The Morgan fingerprint density at radius 3 is 1.90 bits per heavy atom. The summed E-state index contributed by atoms with van der Waals surface area (Å²) in [5.41, 5.74) is -0.800. The van der Waals surface area contributed by atoms with Gasteiger partial charge in [0.15, 0.2) is 0 Å². The molecule has 0 aliphatic rings. The minimum absolute atomic E-state index is 0.0538. The lowest BCUT2D eigenvalue weighted by atomic mass is 9.79. The molecule has 0 fully saturated rings. The van der Waals surface area contributed by atoms with Gasteiger partial charge in [-0.2, -0.15) is 5.26 Å². The molecular formula is C17H32N2O. The number of hydrogen-bond donors (Lipinski definition) is 0. The summed E-state index contributed by atoms with van der Waals surface area (Å²) in [5.74, 6) is 0.594. The van der Waals surface area contributed by atoms with Gasteiger partial charge in [-0.3, -0.25) is 4.79 Å². The molecule has 3 heteroatoms. The van der Waals surface area contributed by atoms with E-state index in [0.29, 0.717) is 25.3 Å². The van der Waals surface area contributed by atoms with Gasteiger partial charge in [0.05, 0.1) is 6.07 Å². The van der Waals surface area contributed by atoms with Crippen LogP contribution in [0.15, 0.2) is 0 Å². The van der Waals surface area contributed by atoms with Gasteiger partial charge in [-0.15, -0.1) is 0 Å². The number of nitrogens with zero attached hydrogens (tertiary/aromatic N) is 2. The van der Waals surface area contributed by atoms with Gasteiger partial charge in [-0.1, -0.05) is 53.4 Å². The normalized spacial score (nSPS) is 11.4. The third-order valence-electron chi connectivity index (χ3n) is 4.28. The zero-order valence-corrected chi connectivity index (χ0v) is 14.0. The van der Waals surface area contributed by atoms with E-state index < -0.39 is 5.41 Å². The zero-order chi connectivity index (χ0) is 15.6. The molecule has 0 unspecified atom stereocenters. The highest BCUT2D eigenvalue weighted by molar-refractivity contribution is 5.85. The Morgan fingerprint density at radius 2 is 1.60 bits per heavy atom. The smallest absolute Gasteiger partial charge is 0.243 e. The Balaban J connectivity index is 5.13. The van der Waals surface area contributed by atoms with E-state index >= 15 is 0 Å². The first kappa shape index (κ1) is 19.0. The Hall–Kier alpha value is -1.04. The van der Waals surface area contributed by atoms with Crippen LogP contribution in [-0.2, 0) is 4.79 Å². The quantitative estimate of drug-likeness (QED) is 0.596. The summed E-state index contributed by atoms with van der Waals surface area (Å²) in [5, 5.41) is 9.60. The van der Waals surface area contributed by atoms with Crippen LogP contribution in [0.3, 0.4) is 0 Å². The summed E-state index contributed by atoms with van der Waals surface area (Å²) in [6.45, 7) is 11.9. The molecule has 3 nitrogen and oxygen atoms in total. The van der Waals surface area contributed by atoms with Crippen molar-refractivity contribution in [2.75, 3.05) is 13.1 Å². The second-order valence-corrected chi connectivity index (χ2v) is 5.72. The van der Waals surface area contributed by atoms with Gasteiger partial charge in [-0.25, -0.2) is 0 Å². The SMILES string of the molecule is CCCC(C#N)(CCC)C(=O)N(CC)CC(CC)CC. The molecule has 0 aromatic heterocycles. The van der Waals surface area contributed by atoms with E-state index in [0.717, 1.165) is 32.2 Å². The summed E-state index contributed by atoms with van der Waals surface area (Å²) >= 11 is 0. The molecule has 0 aromatic carbocycles. The van der Waals surface area contributed by atoms with Crippen molar-refractivity contribution in [3.8, 4) is 6.07 Å². The van der Waals surface area contributed by atoms with Crippen molar-refractivity contribution in [1.82, 2.24) is 4.90 Å². The van der Waals surface area contributed by atoms with Crippen LogP contribution < -0.4 is 0 Å². The number of carbonyl (C=O) groups excluding carboxylic acids is 1. The first-order chi connectivity index (χ1) is 9.54. The molecular weight excluding hydrogens is 248 g/mol. The van der Waals surface area contributed by atoms with Crippen LogP contribution in [0.25, 0.3) is 0 Å². The highest BCUT2D eigenvalue weighted by Crippen LogP contribution is 2.32. The number of nitriles is 1.